The number of piperidine rings is 1. The van der Waals surface area contributed by atoms with Crippen LogP contribution in [-0.4, -0.2) is 52.5 Å². The Morgan fingerprint density at radius 1 is 1.04 bits per heavy atom. The lowest BCUT2D eigenvalue weighted by molar-refractivity contribution is -0.144. The zero-order valence-corrected chi connectivity index (χ0v) is 28.1. The lowest BCUT2D eigenvalue weighted by atomic mass is 9.85. The number of carbonyl (C=O) groups is 1. The van der Waals surface area contributed by atoms with Crippen LogP contribution in [0.2, 0.25) is 0 Å². The predicted molar refractivity (Wildman–Crippen MR) is 180 cm³/mol. The molecular formula is C36H48Cl2FN3O3. The number of hydrogen-bond acceptors (Lipinski definition) is 4. The van der Waals surface area contributed by atoms with Crippen LogP contribution in [0.15, 0.2) is 54.6 Å². The maximum Gasteiger partial charge on any atom is 0.306 e. The first-order chi connectivity index (χ1) is 20.9. The van der Waals surface area contributed by atoms with Crippen molar-refractivity contribution in [1.29, 1.82) is 0 Å². The van der Waals surface area contributed by atoms with Crippen LogP contribution in [0.3, 0.4) is 0 Å². The van der Waals surface area contributed by atoms with E-state index in [4.69, 9.17) is 9.84 Å². The standard InChI is InChI=1S/C36H46FN3O3.2ClH/c1-3-40-35(22-31(38-40)17-24-9-11-32(43-2)12-10-24)26-13-15-39(16-14-26)23-29-19-28(34(36(41)42)18-25-7-8-25)21-33(29)27-5-4-6-30(37)20-27;;/h4-6,9-12,20,22,25-26,28-29,33-34H,3,7-8,13-19,21,23H2,1-2H3,(H,41,42);2*1H/t28?,29?,33?,34-;;/m0../s1. The first-order valence-electron chi connectivity index (χ1n) is 16.3. The highest BCUT2D eigenvalue weighted by atomic mass is 35.5. The lowest BCUT2D eigenvalue weighted by Gasteiger charge is -2.35. The van der Waals surface area contributed by atoms with E-state index in [0.717, 1.165) is 81.7 Å². The molecule has 6 nitrogen and oxygen atoms in total. The summed E-state index contributed by atoms with van der Waals surface area (Å²) in [5.74, 6) is 1.53. The molecule has 45 heavy (non-hydrogen) atoms. The molecule has 0 bridgehead atoms. The molecule has 246 valence electrons. The van der Waals surface area contributed by atoms with Gasteiger partial charge in [0.2, 0.25) is 0 Å². The molecule has 2 aliphatic carbocycles. The van der Waals surface area contributed by atoms with Crippen molar-refractivity contribution in [3.05, 3.63) is 82.9 Å². The Kier molecular flexibility index (Phi) is 12.4. The normalized spacial score (nSPS) is 22.8. The van der Waals surface area contributed by atoms with Crippen molar-refractivity contribution >= 4 is 30.8 Å². The Hall–Kier alpha value is -2.61. The van der Waals surface area contributed by atoms with Gasteiger partial charge in [0.05, 0.1) is 18.7 Å². The van der Waals surface area contributed by atoms with Gasteiger partial charge in [-0.2, -0.15) is 5.10 Å². The fourth-order valence-corrected chi connectivity index (χ4v) is 7.90. The van der Waals surface area contributed by atoms with E-state index >= 15 is 0 Å². The van der Waals surface area contributed by atoms with Crippen LogP contribution in [0.4, 0.5) is 4.39 Å². The predicted octanol–water partition coefficient (Wildman–Crippen LogP) is 7.98. The molecule has 1 N–H and O–H groups in total. The molecule has 4 atom stereocenters. The minimum absolute atomic E-state index is 0. The Bertz CT molecular complexity index is 1390. The number of halogens is 3. The Balaban J connectivity index is 0.00000230. The van der Waals surface area contributed by atoms with Gasteiger partial charge in [0.15, 0.2) is 0 Å². The van der Waals surface area contributed by atoms with Crippen LogP contribution < -0.4 is 4.74 Å². The van der Waals surface area contributed by atoms with Crippen LogP contribution in [-0.2, 0) is 17.8 Å². The van der Waals surface area contributed by atoms with E-state index in [1.807, 2.05) is 18.2 Å². The summed E-state index contributed by atoms with van der Waals surface area (Å²) in [6, 6.07) is 17.6. The maximum absolute atomic E-state index is 14.3. The third-order valence-electron chi connectivity index (χ3n) is 10.4. The minimum atomic E-state index is -0.643. The van der Waals surface area contributed by atoms with E-state index in [-0.39, 0.29) is 48.4 Å². The molecule has 1 saturated heterocycles. The molecule has 6 rings (SSSR count). The number of nitrogens with zero attached hydrogens (tertiary/aromatic N) is 3. The summed E-state index contributed by atoms with van der Waals surface area (Å²) in [6.45, 7) is 6.03. The number of aryl methyl sites for hydroxylation is 1. The van der Waals surface area contributed by atoms with Gasteiger partial charge in [-0.15, -0.1) is 24.8 Å². The van der Waals surface area contributed by atoms with E-state index in [1.54, 1.807) is 19.2 Å². The molecule has 3 unspecified atom stereocenters. The number of hydrogen-bond donors (Lipinski definition) is 1. The van der Waals surface area contributed by atoms with Crippen molar-refractivity contribution in [1.82, 2.24) is 14.7 Å². The lowest BCUT2D eigenvalue weighted by Crippen LogP contribution is -2.37. The van der Waals surface area contributed by atoms with Gasteiger partial charge in [0.25, 0.3) is 0 Å². The summed E-state index contributed by atoms with van der Waals surface area (Å²) in [5, 5.41) is 15.1. The summed E-state index contributed by atoms with van der Waals surface area (Å²) in [4.78, 5) is 14.9. The van der Waals surface area contributed by atoms with Gasteiger partial charge in [-0.1, -0.05) is 37.1 Å². The molecule has 0 spiro atoms. The third kappa shape index (κ3) is 8.60. The van der Waals surface area contributed by atoms with Crippen LogP contribution in [0.25, 0.3) is 0 Å². The Morgan fingerprint density at radius 3 is 2.40 bits per heavy atom. The molecule has 0 radical (unpaired) electrons. The zero-order valence-electron chi connectivity index (χ0n) is 26.4. The van der Waals surface area contributed by atoms with E-state index in [9.17, 15) is 14.3 Å². The largest absolute Gasteiger partial charge is 0.497 e. The van der Waals surface area contributed by atoms with Crippen molar-refractivity contribution in [3.63, 3.8) is 0 Å². The Labute approximate surface area is 279 Å². The smallest absolute Gasteiger partial charge is 0.306 e. The average Bonchev–Trinajstić information content (AvgIpc) is 3.61. The van der Waals surface area contributed by atoms with E-state index in [1.165, 1.54) is 30.2 Å². The highest BCUT2D eigenvalue weighted by molar-refractivity contribution is 5.85. The van der Waals surface area contributed by atoms with Crippen molar-refractivity contribution in [2.24, 2.45) is 23.7 Å². The molecule has 3 fully saturated rings. The summed E-state index contributed by atoms with van der Waals surface area (Å²) < 4.78 is 21.8. The maximum atomic E-state index is 14.3. The van der Waals surface area contributed by atoms with Crippen LogP contribution in [0.5, 0.6) is 5.75 Å². The van der Waals surface area contributed by atoms with Gasteiger partial charge >= 0.3 is 5.97 Å². The van der Waals surface area contributed by atoms with Crippen LogP contribution in [0, 0.1) is 29.5 Å². The SMILES string of the molecule is CCn1nc(Cc2ccc(OC)cc2)cc1C1CCN(CC2CC([C@H](CC3CC3)C(=O)O)CC2c2cccc(F)c2)CC1.Cl.Cl. The third-order valence-corrected chi connectivity index (χ3v) is 10.4. The Morgan fingerprint density at radius 2 is 1.78 bits per heavy atom. The molecule has 2 heterocycles. The monoisotopic (exact) mass is 659 g/mol. The molecule has 2 saturated carbocycles. The first kappa shape index (κ1) is 35.2. The number of ether oxygens (including phenoxy) is 1. The van der Waals surface area contributed by atoms with E-state index < -0.39 is 5.97 Å². The van der Waals surface area contributed by atoms with Gasteiger partial charge in [-0.25, -0.2) is 4.39 Å². The quantitative estimate of drug-likeness (QED) is 0.214. The number of aromatic nitrogens is 2. The number of benzene rings is 2. The average molecular weight is 661 g/mol. The van der Waals surface area contributed by atoms with E-state index in [2.05, 4.69) is 34.7 Å². The number of carboxylic acid groups (broad SMARTS) is 1. The van der Waals surface area contributed by atoms with Gasteiger partial charge in [-0.3, -0.25) is 9.48 Å². The van der Waals surface area contributed by atoms with Gasteiger partial charge in [-0.05, 0) is 117 Å². The van der Waals surface area contributed by atoms with Crippen molar-refractivity contribution in [2.45, 2.75) is 76.7 Å². The highest BCUT2D eigenvalue weighted by Crippen LogP contribution is 2.49. The van der Waals surface area contributed by atoms with Crippen molar-refractivity contribution < 1.29 is 19.0 Å². The second kappa shape index (κ2) is 15.8. The molecule has 9 heteroatoms. The molecular weight excluding hydrogens is 612 g/mol. The molecule has 2 aromatic carbocycles. The molecule has 0 amide bonds. The van der Waals surface area contributed by atoms with Gasteiger partial charge < -0.3 is 14.7 Å². The summed E-state index contributed by atoms with van der Waals surface area (Å²) in [6.07, 6.45) is 7.90. The van der Waals surface area contributed by atoms with Gasteiger partial charge in [0.1, 0.15) is 11.6 Å². The number of likely N-dealkylation sites (tertiary alicyclic amines) is 1. The van der Waals surface area contributed by atoms with E-state index in [0.29, 0.717) is 17.8 Å². The minimum Gasteiger partial charge on any atom is -0.497 e. The van der Waals surface area contributed by atoms with Crippen molar-refractivity contribution in [3.8, 4) is 5.75 Å². The zero-order chi connectivity index (χ0) is 29.9. The fourth-order valence-electron chi connectivity index (χ4n) is 7.90. The highest BCUT2D eigenvalue weighted by Gasteiger charge is 2.43. The molecule has 1 aromatic heterocycles. The number of carboxylic acids is 1. The fraction of sp³-hybridized carbons (Fsp3) is 0.556. The topological polar surface area (TPSA) is 67.6 Å². The molecule has 1 aliphatic heterocycles. The van der Waals surface area contributed by atoms with Gasteiger partial charge in [0, 0.05) is 31.1 Å². The summed E-state index contributed by atoms with van der Waals surface area (Å²) in [7, 11) is 1.69. The summed E-state index contributed by atoms with van der Waals surface area (Å²) in [5.41, 5.74) is 4.72. The van der Waals surface area contributed by atoms with Crippen LogP contribution in [0.1, 0.15) is 86.2 Å². The first-order valence-corrected chi connectivity index (χ1v) is 16.3. The molecule has 3 aliphatic rings. The number of rotatable bonds is 12. The number of methoxy groups -OCH3 is 1. The van der Waals surface area contributed by atoms with Crippen molar-refractivity contribution in [2.75, 3.05) is 26.7 Å². The second-order valence-corrected chi connectivity index (χ2v) is 13.3. The summed E-state index contributed by atoms with van der Waals surface area (Å²) >= 11 is 0. The molecule has 3 aromatic rings. The van der Waals surface area contributed by atoms with Crippen LogP contribution >= 0.6 is 24.8 Å². The number of aliphatic carboxylic acids is 1. The second-order valence-electron chi connectivity index (χ2n) is 13.3.